The molecule has 1 aromatic heterocycles. The Hall–Kier alpha value is -3.20. The van der Waals surface area contributed by atoms with Gasteiger partial charge >= 0.3 is 5.69 Å². The Kier molecular flexibility index (Phi) is 6.38. The van der Waals surface area contributed by atoms with Gasteiger partial charge in [0, 0.05) is 4.47 Å². The van der Waals surface area contributed by atoms with Crippen molar-refractivity contribution in [2.24, 2.45) is 5.10 Å². The van der Waals surface area contributed by atoms with Gasteiger partial charge < -0.3 is 9.47 Å². The SMILES string of the molecule is COc1cc(/C=N/Nc2nc(=O)[nH]nc2C)ccc1OCc1ccc(Br)cc1. The number of H-pyrrole nitrogens is 1. The number of rotatable bonds is 7. The average Bonchev–Trinajstić information content (AvgIpc) is 2.70. The molecule has 0 unspecified atom stereocenters. The summed E-state index contributed by atoms with van der Waals surface area (Å²) < 4.78 is 12.3. The smallest absolute Gasteiger partial charge is 0.363 e. The predicted octanol–water partition coefficient (Wildman–Crippen LogP) is 3.27. The molecule has 0 amide bonds. The molecule has 0 fully saturated rings. The number of aryl methyl sites for hydroxylation is 1. The summed E-state index contributed by atoms with van der Waals surface area (Å²) in [4.78, 5) is 15.0. The Labute approximate surface area is 169 Å². The summed E-state index contributed by atoms with van der Waals surface area (Å²) in [5.41, 5.74) is 4.53. The molecule has 0 aliphatic heterocycles. The van der Waals surface area contributed by atoms with Crippen molar-refractivity contribution in [2.75, 3.05) is 12.5 Å². The van der Waals surface area contributed by atoms with E-state index in [0.717, 1.165) is 15.6 Å². The van der Waals surface area contributed by atoms with Gasteiger partial charge in [-0.2, -0.15) is 15.2 Å². The third-order valence-electron chi connectivity index (χ3n) is 3.75. The summed E-state index contributed by atoms with van der Waals surface area (Å²) in [6, 6.07) is 13.4. The first-order valence-electron chi connectivity index (χ1n) is 8.33. The molecule has 0 radical (unpaired) electrons. The maximum Gasteiger partial charge on any atom is 0.363 e. The first-order chi connectivity index (χ1) is 13.5. The Bertz CT molecular complexity index is 1030. The normalized spacial score (nSPS) is 10.8. The number of nitrogens with one attached hydrogen (secondary N) is 2. The number of methoxy groups -OCH3 is 1. The molecule has 3 rings (SSSR count). The van der Waals surface area contributed by atoms with E-state index in [1.807, 2.05) is 36.4 Å². The van der Waals surface area contributed by atoms with Crippen molar-refractivity contribution >= 4 is 28.0 Å². The fourth-order valence-corrected chi connectivity index (χ4v) is 2.56. The van der Waals surface area contributed by atoms with E-state index in [1.165, 1.54) is 0 Å². The van der Waals surface area contributed by atoms with Crippen molar-refractivity contribution < 1.29 is 9.47 Å². The van der Waals surface area contributed by atoms with Gasteiger partial charge in [-0.3, -0.25) is 5.43 Å². The molecule has 0 aliphatic rings. The van der Waals surface area contributed by atoms with Crippen molar-refractivity contribution in [2.45, 2.75) is 13.5 Å². The predicted molar refractivity (Wildman–Crippen MR) is 110 cm³/mol. The minimum Gasteiger partial charge on any atom is -0.493 e. The molecule has 2 aromatic carbocycles. The third kappa shape index (κ3) is 5.17. The van der Waals surface area contributed by atoms with Gasteiger partial charge in [0.15, 0.2) is 17.3 Å². The van der Waals surface area contributed by atoms with Gasteiger partial charge in [0.2, 0.25) is 0 Å². The summed E-state index contributed by atoms with van der Waals surface area (Å²) >= 11 is 3.41. The number of hydrazone groups is 1. The van der Waals surface area contributed by atoms with E-state index in [4.69, 9.17) is 9.47 Å². The molecule has 144 valence electrons. The lowest BCUT2D eigenvalue weighted by atomic mass is 10.2. The van der Waals surface area contributed by atoms with E-state index < -0.39 is 5.69 Å². The summed E-state index contributed by atoms with van der Waals surface area (Å²) in [5, 5.41) is 10.2. The molecule has 8 nitrogen and oxygen atoms in total. The molecular weight excluding hydrogens is 426 g/mol. The maximum atomic E-state index is 11.2. The van der Waals surface area contributed by atoms with Gasteiger partial charge in [-0.15, -0.1) is 0 Å². The maximum absolute atomic E-state index is 11.2. The van der Waals surface area contributed by atoms with E-state index in [2.05, 4.69) is 41.6 Å². The van der Waals surface area contributed by atoms with Crippen molar-refractivity contribution in [1.29, 1.82) is 0 Å². The summed E-state index contributed by atoms with van der Waals surface area (Å²) in [7, 11) is 1.58. The highest BCUT2D eigenvalue weighted by atomic mass is 79.9. The van der Waals surface area contributed by atoms with Crippen LogP contribution in [0.15, 0.2) is 56.8 Å². The molecule has 9 heteroatoms. The lowest BCUT2D eigenvalue weighted by Gasteiger charge is -2.11. The standard InChI is InChI=1S/C19H18BrN5O3/c1-12-18(22-19(26)25-23-12)24-21-10-14-5-8-16(17(9-14)27-2)28-11-13-3-6-15(20)7-4-13/h3-10H,11H2,1-2H3,(H2,22,24,25,26)/b21-10+. The zero-order valence-electron chi connectivity index (χ0n) is 15.3. The van der Waals surface area contributed by atoms with Crippen LogP contribution in [0.4, 0.5) is 5.82 Å². The fraction of sp³-hybridized carbons (Fsp3) is 0.158. The molecule has 28 heavy (non-hydrogen) atoms. The van der Waals surface area contributed by atoms with Crippen LogP contribution in [0.3, 0.4) is 0 Å². The summed E-state index contributed by atoms with van der Waals surface area (Å²) in [6.07, 6.45) is 1.59. The molecule has 2 N–H and O–H groups in total. The van der Waals surface area contributed by atoms with E-state index >= 15 is 0 Å². The molecule has 3 aromatic rings. The van der Waals surface area contributed by atoms with Crippen LogP contribution in [-0.4, -0.2) is 28.5 Å². The molecule has 0 spiro atoms. The minimum atomic E-state index is -0.544. The topological polar surface area (TPSA) is 101 Å². The summed E-state index contributed by atoms with van der Waals surface area (Å²) in [6.45, 7) is 2.14. The van der Waals surface area contributed by atoms with Gasteiger partial charge in [-0.05, 0) is 48.4 Å². The van der Waals surface area contributed by atoms with Crippen LogP contribution < -0.4 is 20.6 Å². The first kappa shape index (κ1) is 19.6. The average molecular weight is 444 g/mol. The summed E-state index contributed by atoms with van der Waals surface area (Å²) in [5.74, 6) is 1.52. The van der Waals surface area contributed by atoms with E-state index in [9.17, 15) is 4.79 Å². The largest absolute Gasteiger partial charge is 0.493 e. The van der Waals surface area contributed by atoms with Crippen LogP contribution in [0.1, 0.15) is 16.8 Å². The second-order valence-corrected chi connectivity index (χ2v) is 6.69. The zero-order chi connectivity index (χ0) is 19.9. The van der Waals surface area contributed by atoms with Gasteiger partial charge in [0.1, 0.15) is 12.3 Å². The molecule has 0 saturated carbocycles. The van der Waals surface area contributed by atoms with Crippen molar-refractivity contribution in [3.05, 3.63) is 74.2 Å². The molecule has 0 bridgehead atoms. The molecule has 0 aliphatic carbocycles. The molecular formula is C19H18BrN5O3. The van der Waals surface area contributed by atoms with E-state index in [0.29, 0.717) is 29.6 Å². The van der Waals surface area contributed by atoms with E-state index in [1.54, 1.807) is 26.3 Å². The van der Waals surface area contributed by atoms with Crippen LogP contribution in [0.25, 0.3) is 0 Å². The van der Waals surface area contributed by atoms with Crippen LogP contribution >= 0.6 is 15.9 Å². The van der Waals surface area contributed by atoms with Crippen LogP contribution in [-0.2, 0) is 6.61 Å². The molecule has 1 heterocycles. The number of nitrogens with zero attached hydrogens (tertiary/aromatic N) is 3. The Balaban J connectivity index is 1.67. The lowest BCUT2D eigenvalue weighted by Crippen LogP contribution is -2.15. The number of aromatic nitrogens is 3. The third-order valence-corrected chi connectivity index (χ3v) is 4.28. The van der Waals surface area contributed by atoms with Crippen LogP contribution in [0.2, 0.25) is 0 Å². The highest BCUT2D eigenvalue weighted by molar-refractivity contribution is 9.10. The van der Waals surface area contributed by atoms with Crippen molar-refractivity contribution in [3.63, 3.8) is 0 Å². The quantitative estimate of drug-likeness (QED) is 0.429. The Morgan fingerprint density at radius 1 is 1.21 bits per heavy atom. The number of ether oxygens (including phenoxy) is 2. The number of aromatic amines is 1. The second-order valence-electron chi connectivity index (χ2n) is 5.77. The van der Waals surface area contributed by atoms with Gasteiger partial charge in [-0.1, -0.05) is 28.1 Å². The number of hydrogen-bond acceptors (Lipinski definition) is 7. The highest BCUT2D eigenvalue weighted by Crippen LogP contribution is 2.28. The lowest BCUT2D eigenvalue weighted by molar-refractivity contribution is 0.284. The van der Waals surface area contributed by atoms with Gasteiger partial charge in [-0.25, -0.2) is 9.89 Å². The number of halogens is 1. The molecule has 0 saturated heterocycles. The second kappa shape index (κ2) is 9.14. The van der Waals surface area contributed by atoms with Gasteiger partial charge in [0.05, 0.1) is 13.3 Å². The first-order valence-corrected chi connectivity index (χ1v) is 9.12. The van der Waals surface area contributed by atoms with E-state index in [-0.39, 0.29) is 0 Å². The Morgan fingerprint density at radius 2 is 2.00 bits per heavy atom. The number of hydrogen-bond donors (Lipinski definition) is 2. The monoisotopic (exact) mass is 443 g/mol. The van der Waals surface area contributed by atoms with Crippen molar-refractivity contribution in [1.82, 2.24) is 15.2 Å². The highest BCUT2D eigenvalue weighted by Gasteiger charge is 2.06. The zero-order valence-corrected chi connectivity index (χ0v) is 16.9. The number of anilines is 1. The minimum absolute atomic E-state index is 0.293. The van der Waals surface area contributed by atoms with Crippen molar-refractivity contribution in [3.8, 4) is 11.5 Å². The molecule has 0 atom stereocenters. The Morgan fingerprint density at radius 3 is 2.75 bits per heavy atom. The van der Waals surface area contributed by atoms with Gasteiger partial charge in [0.25, 0.3) is 0 Å². The number of benzene rings is 2. The van der Waals surface area contributed by atoms with Crippen LogP contribution in [0.5, 0.6) is 11.5 Å². The van der Waals surface area contributed by atoms with Crippen LogP contribution in [0, 0.1) is 6.92 Å². The fourth-order valence-electron chi connectivity index (χ4n) is 2.29.